The lowest BCUT2D eigenvalue weighted by Crippen LogP contribution is -2.27. The standard InChI is InChI=1S/C15H20N2O2/c1-15(2,3)18-11-16-10-13-9-14(17-19-13)12-7-5-4-6-8-12/h4-9,16H,10-11H2,1-3H3. The summed E-state index contributed by atoms with van der Waals surface area (Å²) < 4.78 is 10.9. The number of benzene rings is 1. The van der Waals surface area contributed by atoms with Crippen LogP contribution in [0.1, 0.15) is 26.5 Å². The summed E-state index contributed by atoms with van der Waals surface area (Å²) in [5.41, 5.74) is 1.78. The minimum atomic E-state index is -0.135. The third-order valence-corrected chi connectivity index (χ3v) is 2.53. The Morgan fingerprint density at radius 1 is 1.21 bits per heavy atom. The van der Waals surface area contributed by atoms with Gasteiger partial charge in [-0.25, -0.2) is 0 Å². The van der Waals surface area contributed by atoms with Gasteiger partial charge >= 0.3 is 0 Å². The van der Waals surface area contributed by atoms with Gasteiger partial charge in [-0.2, -0.15) is 0 Å². The van der Waals surface area contributed by atoms with Crippen molar-refractivity contribution in [2.75, 3.05) is 6.73 Å². The monoisotopic (exact) mass is 260 g/mol. The molecule has 0 radical (unpaired) electrons. The molecule has 1 aromatic heterocycles. The van der Waals surface area contributed by atoms with E-state index in [1.54, 1.807) is 0 Å². The van der Waals surface area contributed by atoms with E-state index < -0.39 is 0 Å². The summed E-state index contributed by atoms with van der Waals surface area (Å²) in [6, 6.07) is 11.9. The molecule has 0 unspecified atom stereocenters. The molecule has 1 heterocycles. The van der Waals surface area contributed by atoms with Crippen molar-refractivity contribution in [3.8, 4) is 11.3 Å². The van der Waals surface area contributed by atoms with Crippen molar-refractivity contribution in [1.29, 1.82) is 0 Å². The van der Waals surface area contributed by atoms with E-state index in [-0.39, 0.29) is 5.60 Å². The summed E-state index contributed by atoms with van der Waals surface area (Å²) in [5.74, 6) is 0.802. The van der Waals surface area contributed by atoms with E-state index in [1.165, 1.54) is 0 Å². The Morgan fingerprint density at radius 2 is 1.95 bits per heavy atom. The first-order valence-electron chi connectivity index (χ1n) is 6.40. The molecule has 0 saturated carbocycles. The topological polar surface area (TPSA) is 47.3 Å². The molecule has 0 atom stereocenters. The van der Waals surface area contributed by atoms with Crippen LogP contribution < -0.4 is 5.32 Å². The molecule has 19 heavy (non-hydrogen) atoms. The van der Waals surface area contributed by atoms with Crippen LogP contribution in [0.2, 0.25) is 0 Å². The molecule has 0 amide bonds. The van der Waals surface area contributed by atoms with Crippen molar-refractivity contribution >= 4 is 0 Å². The zero-order chi connectivity index (χ0) is 13.7. The van der Waals surface area contributed by atoms with Crippen LogP contribution in [0.3, 0.4) is 0 Å². The smallest absolute Gasteiger partial charge is 0.151 e. The van der Waals surface area contributed by atoms with E-state index in [1.807, 2.05) is 57.2 Å². The summed E-state index contributed by atoms with van der Waals surface area (Å²) in [4.78, 5) is 0. The fourth-order valence-corrected chi connectivity index (χ4v) is 1.58. The van der Waals surface area contributed by atoms with Crippen molar-refractivity contribution < 1.29 is 9.26 Å². The van der Waals surface area contributed by atoms with Crippen LogP contribution in [0.4, 0.5) is 0 Å². The van der Waals surface area contributed by atoms with E-state index in [9.17, 15) is 0 Å². The highest BCUT2D eigenvalue weighted by atomic mass is 16.5. The molecule has 0 fully saturated rings. The van der Waals surface area contributed by atoms with Crippen LogP contribution in [0.25, 0.3) is 11.3 Å². The second-order valence-corrected chi connectivity index (χ2v) is 5.37. The minimum absolute atomic E-state index is 0.135. The summed E-state index contributed by atoms with van der Waals surface area (Å²) in [6.45, 7) is 7.17. The van der Waals surface area contributed by atoms with E-state index in [0.717, 1.165) is 17.0 Å². The molecule has 2 aromatic rings. The van der Waals surface area contributed by atoms with Crippen LogP contribution in [-0.4, -0.2) is 17.5 Å². The number of rotatable bonds is 5. The van der Waals surface area contributed by atoms with Gasteiger partial charge in [-0.1, -0.05) is 35.5 Å². The molecule has 0 spiro atoms. The predicted molar refractivity (Wildman–Crippen MR) is 74.5 cm³/mol. The average Bonchev–Trinajstić information content (AvgIpc) is 2.83. The average molecular weight is 260 g/mol. The fraction of sp³-hybridized carbons (Fsp3) is 0.400. The largest absolute Gasteiger partial charge is 0.361 e. The molecule has 4 heteroatoms. The summed E-state index contributed by atoms with van der Waals surface area (Å²) in [6.07, 6.45) is 0. The number of aromatic nitrogens is 1. The number of hydrogen-bond acceptors (Lipinski definition) is 4. The first kappa shape index (κ1) is 13.8. The Bertz CT molecular complexity index is 500. The number of nitrogens with zero attached hydrogens (tertiary/aromatic N) is 1. The highest BCUT2D eigenvalue weighted by Crippen LogP contribution is 2.18. The van der Waals surface area contributed by atoms with Gasteiger partial charge in [0.25, 0.3) is 0 Å². The van der Waals surface area contributed by atoms with Gasteiger partial charge in [0.05, 0.1) is 18.9 Å². The maximum atomic E-state index is 5.57. The minimum Gasteiger partial charge on any atom is -0.361 e. The Labute approximate surface area is 113 Å². The molecule has 1 N–H and O–H groups in total. The van der Waals surface area contributed by atoms with Gasteiger partial charge in [-0.05, 0) is 20.8 Å². The Kier molecular flexibility index (Phi) is 4.35. The first-order valence-corrected chi connectivity index (χ1v) is 6.40. The molecule has 0 aliphatic heterocycles. The third-order valence-electron chi connectivity index (χ3n) is 2.53. The SMILES string of the molecule is CC(C)(C)OCNCc1cc(-c2ccccc2)no1. The maximum Gasteiger partial charge on any atom is 0.151 e. The quantitative estimate of drug-likeness (QED) is 0.662. The number of nitrogens with one attached hydrogen (secondary N) is 1. The van der Waals surface area contributed by atoms with Crippen LogP contribution in [0.5, 0.6) is 0 Å². The lowest BCUT2D eigenvalue weighted by atomic mass is 10.1. The molecule has 0 saturated heterocycles. The number of ether oxygens (including phenoxy) is 1. The third kappa shape index (κ3) is 4.50. The van der Waals surface area contributed by atoms with E-state index in [0.29, 0.717) is 13.3 Å². The van der Waals surface area contributed by atoms with Crippen LogP contribution in [-0.2, 0) is 11.3 Å². The molecule has 0 aliphatic carbocycles. The molecular formula is C15H20N2O2. The maximum absolute atomic E-state index is 5.57. The predicted octanol–water partition coefficient (Wildman–Crippen LogP) is 3.20. The lowest BCUT2D eigenvalue weighted by molar-refractivity contribution is -0.0144. The van der Waals surface area contributed by atoms with Gasteiger partial charge in [0.15, 0.2) is 5.76 Å². The number of hydrogen-bond donors (Lipinski definition) is 1. The normalized spacial score (nSPS) is 11.7. The van der Waals surface area contributed by atoms with Gasteiger partial charge in [-0.3, -0.25) is 5.32 Å². The zero-order valence-corrected chi connectivity index (χ0v) is 11.6. The van der Waals surface area contributed by atoms with E-state index >= 15 is 0 Å². The Balaban J connectivity index is 1.85. The van der Waals surface area contributed by atoms with Gasteiger partial charge in [-0.15, -0.1) is 0 Å². The van der Waals surface area contributed by atoms with Gasteiger partial charge in [0, 0.05) is 11.6 Å². The molecule has 0 bridgehead atoms. The van der Waals surface area contributed by atoms with Crippen molar-refractivity contribution in [3.63, 3.8) is 0 Å². The molecule has 1 aromatic carbocycles. The summed E-state index contributed by atoms with van der Waals surface area (Å²) >= 11 is 0. The second-order valence-electron chi connectivity index (χ2n) is 5.37. The molecular weight excluding hydrogens is 240 g/mol. The fourth-order valence-electron chi connectivity index (χ4n) is 1.58. The second kappa shape index (κ2) is 5.99. The summed E-state index contributed by atoms with van der Waals surface area (Å²) in [5, 5.41) is 7.23. The van der Waals surface area contributed by atoms with Gasteiger partial charge < -0.3 is 9.26 Å². The van der Waals surface area contributed by atoms with Crippen molar-refractivity contribution in [2.45, 2.75) is 32.9 Å². The van der Waals surface area contributed by atoms with Crippen molar-refractivity contribution in [2.24, 2.45) is 0 Å². The molecule has 2 rings (SSSR count). The van der Waals surface area contributed by atoms with Crippen LogP contribution >= 0.6 is 0 Å². The van der Waals surface area contributed by atoms with Gasteiger partial charge in [0.1, 0.15) is 5.69 Å². The lowest BCUT2D eigenvalue weighted by Gasteiger charge is -2.19. The molecule has 4 nitrogen and oxygen atoms in total. The van der Waals surface area contributed by atoms with E-state index in [2.05, 4.69) is 10.5 Å². The highest BCUT2D eigenvalue weighted by molar-refractivity contribution is 5.58. The van der Waals surface area contributed by atoms with Crippen molar-refractivity contribution in [1.82, 2.24) is 10.5 Å². The van der Waals surface area contributed by atoms with Crippen LogP contribution in [0.15, 0.2) is 40.9 Å². The Hall–Kier alpha value is -1.65. The zero-order valence-electron chi connectivity index (χ0n) is 11.6. The van der Waals surface area contributed by atoms with Crippen molar-refractivity contribution in [3.05, 3.63) is 42.2 Å². The molecule has 102 valence electrons. The Morgan fingerprint density at radius 3 is 2.63 bits per heavy atom. The summed E-state index contributed by atoms with van der Waals surface area (Å²) in [7, 11) is 0. The van der Waals surface area contributed by atoms with E-state index in [4.69, 9.17) is 9.26 Å². The first-order chi connectivity index (χ1) is 9.04. The highest BCUT2D eigenvalue weighted by Gasteiger charge is 2.10. The van der Waals surface area contributed by atoms with Crippen LogP contribution in [0, 0.1) is 0 Å². The van der Waals surface area contributed by atoms with Gasteiger partial charge in [0.2, 0.25) is 0 Å². The molecule has 0 aliphatic rings.